The Morgan fingerprint density at radius 1 is 1.00 bits per heavy atom. The van der Waals surface area contributed by atoms with Crippen LogP contribution in [-0.2, 0) is 14.2 Å². The van der Waals surface area contributed by atoms with E-state index in [2.05, 4.69) is 6.92 Å². The molecule has 3 saturated carbocycles. The molecule has 3 aliphatic carbocycles. The molecule has 20 heavy (non-hydrogen) atoms. The van der Waals surface area contributed by atoms with Gasteiger partial charge in [-0.15, -0.1) is 0 Å². The third kappa shape index (κ3) is 0.835. The normalized spacial score (nSPS) is 66.2. The van der Waals surface area contributed by atoms with Crippen molar-refractivity contribution in [1.29, 1.82) is 0 Å². The van der Waals surface area contributed by atoms with Gasteiger partial charge in [0.2, 0.25) is 0 Å². The first-order valence-electron chi connectivity index (χ1n) is 7.98. The zero-order chi connectivity index (χ0) is 14.2. The van der Waals surface area contributed by atoms with Crippen LogP contribution in [0.3, 0.4) is 0 Å². The maximum absolute atomic E-state index is 11.0. The lowest BCUT2D eigenvalue weighted by atomic mass is 9.37. The largest absolute Gasteiger partial charge is 0.390 e. The third-order valence-corrected chi connectivity index (χ3v) is 7.30. The minimum absolute atomic E-state index is 0.217. The Labute approximate surface area is 119 Å². The summed E-state index contributed by atoms with van der Waals surface area (Å²) in [5.74, 6) is -0.667. The molecule has 2 heterocycles. The number of ether oxygens (including phenoxy) is 3. The van der Waals surface area contributed by atoms with E-state index in [1.54, 1.807) is 0 Å². The second-order valence-corrected chi connectivity index (χ2v) is 8.51. The summed E-state index contributed by atoms with van der Waals surface area (Å²) in [6, 6.07) is 0. The molecule has 0 aromatic heterocycles. The van der Waals surface area contributed by atoms with Crippen molar-refractivity contribution in [2.75, 3.05) is 0 Å². The van der Waals surface area contributed by atoms with Gasteiger partial charge in [-0.25, -0.2) is 0 Å². The first kappa shape index (κ1) is 12.4. The van der Waals surface area contributed by atoms with Gasteiger partial charge in [0.25, 0.3) is 5.97 Å². The number of fused-ring (bicyclic) bond motifs is 1. The van der Waals surface area contributed by atoms with E-state index in [-0.39, 0.29) is 28.1 Å². The minimum atomic E-state index is -0.918. The molecule has 5 aliphatic rings. The highest BCUT2D eigenvalue weighted by Crippen LogP contribution is 2.87. The maximum atomic E-state index is 11.0. The van der Waals surface area contributed by atoms with Gasteiger partial charge >= 0.3 is 0 Å². The van der Waals surface area contributed by atoms with Crippen LogP contribution in [0.5, 0.6) is 0 Å². The average Bonchev–Trinajstić information content (AvgIpc) is 2.72. The predicted molar refractivity (Wildman–Crippen MR) is 70.8 cm³/mol. The van der Waals surface area contributed by atoms with E-state index in [1.165, 1.54) is 0 Å². The monoisotopic (exact) mass is 280 g/mol. The van der Waals surface area contributed by atoms with Crippen molar-refractivity contribution in [3.8, 4) is 0 Å². The van der Waals surface area contributed by atoms with Crippen LogP contribution in [0.15, 0.2) is 0 Å². The third-order valence-electron chi connectivity index (χ3n) is 7.30. The minimum Gasteiger partial charge on any atom is -0.390 e. The fourth-order valence-electron chi connectivity index (χ4n) is 7.31. The molecule has 2 aliphatic heterocycles. The first-order chi connectivity index (χ1) is 9.15. The van der Waals surface area contributed by atoms with Crippen molar-refractivity contribution in [3.63, 3.8) is 0 Å². The molecule has 4 nitrogen and oxygen atoms in total. The van der Waals surface area contributed by atoms with E-state index in [0.29, 0.717) is 0 Å². The molecule has 6 atom stereocenters. The topological polar surface area (TPSA) is 47.9 Å². The second-order valence-electron chi connectivity index (χ2n) is 8.51. The molecule has 2 bridgehead atoms. The highest BCUT2D eigenvalue weighted by molar-refractivity contribution is 5.42. The summed E-state index contributed by atoms with van der Waals surface area (Å²) in [7, 11) is 0. The predicted octanol–water partition coefficient (Wildman–Crippen LogP) is 2.34. The average molecular weight is 280 g/mol. The summed E-state index contributed by atoms with van der Waals surface area (Å²) in [5.41, 5.74) is -1.78. The summed E-state index contributed by atoms with van der Waals surface area (Å²) >= 11 is 0. The van der Waals surface area contributed by atoms with Crippen LogP contribution >= 0.6 is 0 Å². The second kappa shape index (κ2) is 2.73. The molecule has 0 radical (unpaired) electrons. The number of hydrogen-bond acceptors (Lipinski definition) is 4. The number of hydrogen-bond donors (Lipinski definition) is 1. The van der Waals surface area contributed by atoms with Crippen LogP contribution in [0.2, 0.25) is 0 Å². The van der Waals surface area contributed by atoms with Gasteiger partial charge in [-0.1, -0.05) is 0 Å². The standard InChI is InChI=1S/C16H24O4/c1-11(2,17)14-9-8-12(3)10(14)15-6-5-7-16(14,15)20-13(4,18-12)19-15/h10,17H,5-9H2,1-4H3/t10-,12-,13-,14+,15-,16+/m0/s1. The Morgan fingerprint density at radius 3 is 2.45 bits per heavy atom. The molecule has 0 aromatic rings. The number of rotatable bonds is 1. The van der Waals surface area contributed by atoms with Gasteiger partial charge < -0.3 is 19.3 Å². The molecule has 0 amide bonds. The van der Waals surface area contributed by atoms with Crippen molar-refractivity contribution < 1.29 is 19.3 Å². The zero-order valence-corrected chi connectivity index (χ0v) is 12.8. The van der Waals surface area contributed by atoms with E-state index in [4.69, 9.17) is 14.2 Å². The van der Waals surface area contributed by atoms with Gasteiger partial charge in [0.15, 0.2) is 0 Å². The lowest BCUT2D eigenvalue weighted by Crippen LogP contribution is -2.84. The van der Waals surface area contributed by atoms with Crippen molar-refractivity contribution in [3.05, 3.63) is 0 Å². The van der Waals surface area contributed by atoms with E-state index >= 15 is 0 Å². The summed E-state index contributed by atoms with van der Waals surface area (Å²) in [6.07, 6.45) is 5.12. The van der Waals surface area contributed by atoms with E-state index in [9.17, 15) is 5.11 Å². The summed E-state index contributed by atoms with van der Waals surface area (Å²) in [4.78, 5) is 0. The summed E-state index contributed by atoms with van der Waals surface area (Å²) in [5, 5.41) is 11.0. The Morgan fingerprint density at radius 2 is 1.75 bits per heavy atom. The fourth-order valence-corrected chi connectivity index (χ4v) is 7.31. The molecule has 1 N–H and O–H groups in total. The molecule has 0 unspecified atom stereocenters. The molecule has 5 rings (SSSR count). The molecule has 4 heteroatoms. The molecular weight excluding hydrogens is 256 g/mol. The van der Waals surface area contributed by atoms with Crippen LogP contribution in [0.1, 0.15) is 59.8 Å². The highest BCUT2D eigenvalue weighted by atomic mass is 16.9. The van der Waals surface area contributed by atoms with Crippen molar-refractivity contribution in [1.82, 2.24) is 0 Å². The fraction of sp³-hybridized carbons (Fsp3) is 1.00. The van der Waals surface area contributed by atoms with Crippen LogP contribution in [0.25, 0.3) is 0 Å². The molecule has 112 valence electrons. The Kier molecular flexibility index (Phi) is 1.69. The zero-order valence-electron chi connectivity index (χ0n) is 12.8. The number of aliphatic hydroxyl groups is 1. The molecule has 5 fully saturated rings. The van der Waals surface area contributed by atoms with Crippen LogP contribution < -0.4 is 0 Å². The summed E-state index contributed by atoms with van der Waals surface area (Å²) < 4.78 is 19.1. The van der Waals surface area contributed by atoms with Crippen molar-refractivity contribution >= 4 is 0 Å². The Bertz CT molecular complexity index is 527. The van der Waals surface area contributed by atoms with E-state index in [0.717, 1.165) is 32.1 Å². The lowest BCUT2D eigenvalue weighted by molar-refractivity contribution is -0.418. The molecular formula is C16H24O4. The maximum Gasteiger partial charge on any atom is 0.281 e. The smallest absolute Gasteiger partial charge is 0.281 e. The van der Waals surface area contributed by atoms with Gasteiger partial charge in [0, 0.05) is 18.3 Å². The van der Waals surface area contributed by atoms with Crippen LogP contribution in [-0.4, -0.2) is 33.5 Å². The Hall–Kier alpha value is -0.160. The molecule has 1 spiro atoms. The quantitative estimate of drug-likeness (QED) is 0.801. The molecule has 2 saturated heterocycles. The van der Waals surface area contributed by atoms with Crippen LogP contribution in [0, 0.1) is 11.3 Å². The SMILES string of the molecule is CC(C)(O)[C@]12CC[C@]3(C)O[C@]4(C)O[C@]15CCC[C@]5(O4)[C@@H]32. The van der Waals surface area contributed by atoms with Gasteiger partial charge in [-0.3, -0.25) is 0 Å². The van der Waals surface area contributed by atoms with E-state index < -0.39 is 11.6 Å². The molecule has 0 aromatic carbocycles. The summed E-state index contributed by atoms with van der Waals surface area (Å²) in [6.45, 7) is 8.01. The van der Waals surface area contributed by atoms with Gasteiger partial charge in [0.1, 0.15) is 11.2 Å². The Balaban J connectivity index is 1.82. The van der Waals surface area contributed by atoms with Crippen molar-refractivity contribution in [2.24, 2.45) is 11.3 Å². The van der Waals surface area contributed by atoms with Crippen LogP contribution in [0.4, 0.5) is 0 Å². The first-order valence-corrected chi connectivity index (χ1v) is 7.98. The highest BCUT2D eigenvalue weighted by Gasteiger charge is 2.97. The van der Waals surface area contributed by atoms with E-state index in [1.807, 2.05) is 20.8 Å². The van der Waals surface area contributed by atoms with Gasteiger partial charge in [-0.2, -0.15) is 0 Å². The lowest BCUT2D eigenvalue weighted by Gasteiger charge is -2.71. The van der Waals surface area contributed by atoms with Crippen molar-refractivity contribution in [2.45, 2.75) is 88.2 Å². The van der Waals surface area contributed by atoms with Gasteiger partial charge in [-0.05, 0) is 52.9 Å². The van der Waals surface area contributed by atoms with Gasteiger partial charge in [0.05, 0.1) is 11.2 Å².